The zero-order valence-corrected chi connectivity index (χ0v) is 15.7. The third-order valence-electron chi connectivity index (χ3n) is 4.91. The molecule has 3 aromatic heterocycles. The van der Waals surface area contributed by atoms with E-state index in [1.807, 2.05) is 12.1 Å². The zero-order chi connectivity index (χ0) is 18.8. The molecule has 0 radical (unpaired) electrons. The van der Waals surface area contributed by atoms with Gasteiger partial charge in [0.25, 0.3) is 0 Å². The smallest absolute Gasteiger partial charge is 0.191 e. The highest BCUT2D eigenvalue weighted by Crippen LogP contribution is 2.22. The van der Waals surface area contributed by atoms with Gasteiger partial charge in [0.1, 0.15) is 5.69 Å². The molecule has 0 unspecified atom stereocenters. The number of likely N-dealkylation sites (N-methyl/N-ethyl adjacent to an activating group) is 1. The Balaban J connectivity index is 1.48. The van der Waals surface area contributed by atoms with E-state index in [4.69, 9.17) is 4.42 Å². The van der Waals surface area contributed by atoms with Gasteiger partial charge >= 0.3 is 0 Å². The third kappa shape index (κ3) is 4.20. The summed E-state index contributed by atoms with van der Waals surface area (Å²) in [6, 6.07) is 3.91. The SMILES string of the molecule is Cc1ncc(-c2cc3cc(CC(=O)CN4CCN(C)CC4)ncc3cn2)o1. The highest BCUT2D eigenvalue weighted by atomic mass is 16.4. The minimum Gasteiger partial charge on any atom is -0.439 e. The Morgan fingerprint density at radius 3 is 2.56 bits per heavy atom. The number of aromatic nitrogens is 3. The van der Waals surface area contributed by atoms with Crippen LogP contribution in [0.5, 0.6) is 0 Å². The molecule has 7 nitrogen and oxygen atoms in total. The first-order valence-electron chi connectivity index (χ1n) is 9.17. The van der Waals surface area contributed by atoms with E-state index in [0.717, 1.165) is 48.3 Å². The molecule has 0 aromatic carbocycles. The minimum atomic E-state index is 0.201. The van der Waals surface area contributed by atoms with Crippen molar-refractivity contribution < 1.29 is 9.21 Å². The van der Waals surface area contributed by atoms with Crippen molar-refractivity contribution in [3.8, 4) is 11.5 Å². The fourth-order valence-electron chi connectivity index (χ4n) is 3.31. The van der Waals surface area contributed by atoms with Crippen LogP contribution in [-0.4, -0.2) is 70.3 Å². The first-order valence-corrected chi connectivity index (χ1v) is 9.17. The lowest BCUT2D eigenvalue weighted by Crippen LogP contribution is -2.46. The van der Waals surface area contributed by atoms with Crippen molar-refractivity contribution in [2.45, 2.75) is 13.3 Å². The molecule has 1 saturated heterocycles. The maximum Gasteiger partial charge on any atom is 0.191 e. The third-order valence-corrected chi connectivity index (χ3v) is 4.91. The largest absolute Gasteiger partial charge is 0.439 e. The van der Waals surface area contributed by atoms with Crippen LogP contribution in [0.15, 0.2) is 35.1 Å². The predicted molar refractivity (Wildman–Crippen MR) is 102 cm³/mol. The number of hydrogen-bond donors (Lipinski definition) is 0. The summed E-state index contributed by atoms with van der Waals surface area (Å²) < 4.78 is 5.55. The van der Waals surface area contributed by atoms with Gasteiger partial charge in [-0.05, 0) is 24.6 Å². The van der Waals surface area contributed by atoms with Crippen LogP contribution in [0.4, 0.5) is 0 Å². The number of ketones is 1. The maximum absolute atomic E-state index is 12.5. The fourth-order valence-corrected chi connectivity index (χ4v) is 3.31. The number of piperazine rings is 1. The predicted octanol–water partition coefficient (Wildman–Crippen LogP) is 1.95. The molecule has 4 heterocycles. The number of fused-ring (bicyclic) bond motifs is 1. The second kappa shape index (κ2) is 7.54. The van der Waals surface area contributed by atoms with E-state index < -0.39 is 0 Å². The van der Waals surface area contributed by atoms with E-state index in [0.29, 0.717) is 24.6 Å². The van der Waals surface area contributed by atoms with E-state index >= 15 is 0 Å². The van der Waals surface area contributed by atoms with Crippen molar-refractivity contribution in [1.29, 1.82) is 0 Å². The molecule has 0 amide bonds. The van der Waals surface area contributed by atoms with Gasteiger partial charge in [0, 0.05) is 56.6 Å². The van der Waals surface area contributed by atoms with Crippen LogP contribution in [0.3, 0.4) is 0 Å². The highest BCUT2D eigenvalue weighted by molar-refractivity contribution is 5.86. The first-order chi connectivity index (χ1) is 13.1. The molecule has 0 N–H and O–H groups in total. The van der Waals surface area contributed by atoms with Crippen LogP contribution in [0.25, 0.3) is 22.2 Å². The molecule has 0 aliphatic carbocycles. The quantitative estimate of drug-likeness (QED) is 0.684. The van der Waals surface area contributed by atoms with Crippen molar-refractivity contribution >= 4 is 16.6 Å². The number of Topliss-reactive ketones (excluding diaryl/α,β-unsaturated/α-hetero) is 1. The molecule has 7 heteroatoms. The standard InChI is InChI=1S/C20H23N5O2/c1-14-21-12-20(27-14)19-8-15-7-17(22-10-16(15)11-23-19)9-18(26)13-25-5-3-24(2)4-6-25/h7-8,10-12H,3-6,9,13H2,1-2H3. The van der Waals surface area contributed by atoms with Crippen molar-refractivity contribution in [3.05, 3.63) is 42.3 Å². The van der Waals surface area contributed by atoms with Crippen LogP contribution in [0, 0.1) is 6.92 Å². The molecular formula is C20H23N5O2. The lowest BCUT2D eigenvalue weighted by molar-refractivity contribution is -0.120. The first kappa shape index (κ1) is 17.8. The Morgan fingerprint density at radius 1 is 1.04 bits per heavy atom. The van der Waals surface area contributed by atoms with Gasteiger partial charge in [-0.1, -0.05) is 0 Å². The number of aryl methyl sites for hydroxylation is 1. The zero-order valence-electron chi connectivity index (χ0n) is 15.7. The van der Waals surface area contributed by atoms with Gasteiger partial charge in [-0.3, -0.25) is 19.7 Å². The number of carbonyl (C=O) groups is 1. The Morgan fingerprint density at radius 2 is 1.81 bits per heavy atom. The van der Waals surface area contributed by atoms with Crippen LogP contribution in [0.1, 0.15) is 11.6 Å². The van der Waals surface area contributed by atoms with Crippen molar-refractivity contribution in [3.63, 3.8) is 0 Å². The lowest BCUT2D eigenvalue weighted by atomic mass is 10.1. The molecule has 0 bridgehead atoms. The Labute approximate surface area is 158 Å². The Hall–Kier alpha value is -2.64. The number of carbonyl (C=O) groups excluding carboxylic acids is 1. The molecule has 1 aliphatic heterocycles. The van der Waals surface area contributed by atoms with E-state index in [9.17, 15) is 4.79 Å². The van der Waals surface area contributed by atoms with Crippen molar-refractivity contribution in [2.75, 3.05) is 39.8 Å². The minimum absolute atomic E-state index is 0.201. The van der Waals surface area contributed by atoms with Crippen LogP contribution >= 0.6 is 0 Å². The number of oxazole rings is 1. The second-order valence-electron chi connectivity index (χ2n) is 7.13. The van der Waals surface area contributed by atoms with Gasteiger partial charge in [-0.25, -0.2) is 4.98 Å². The van der Waals surface area contributed by atoms with Gasteiger partial charge in [0.05, 0.1) is 19.2 Å². The molecule has 0 saturated carbocycles. The summed E-state index contributed by atoms with van der Waals surface area (Å²) in [5.74, 6) is 1.45. The summed E-state index contributed by atoms with van der Waals surface area (Å²) in [5.41, 5.74) is 1.51. The Kier molecular flexibility index (Phi) is 4.96. The molecule has 1 aliphatic rings. The van der Waals surface area contributed by atoms with E-state index in [2.05, 4.69) is 31.8 Å². The van der Waals surface area contributed by atoms with Gasteiger partial charge in [-0.15, -0.1) is 0 Å². The molecule has 140 valence electrons. The van der Waals surface area contributed by atoms with Crippen molar-refractivity contribution in [1.82, 2.24) is 24.8 Å². The van der Waals surface area contributed by atoms with Gasteiger partial charge < -0.3 is 9.32 Å². The average Bonchev–Trinajstić information content (AvgIpc) is 3.09. The lowest BCUT2D eigenvalue weighted by Gasteiger charge is -2.31. The van der Waals surface area contributed by atoms with Gasteiger partial charge in [-0.2, -0.15) is 0 Å². The Bertz CT molecular complexity index is 960. The summed E-state index contributed by atoms with van der Waals surface area (Å²) >= 11 is 0. The number of hydrogen-bond acceptors (Lipinski definition) is 7. The number of pyridine rings is 2. The maximum atomic E-state index is 12.5. The van der Waals surface area contributed by atoms with Crippen LogP contribution in [-0.2, 0) is 11.2 Å². The molecule has 27 heavy (non-hydrogen) atoms. The average molecular weight is 365 g/mol. The van der Waals surface area contributed by atoms with Gasteiger partial charge in [0.15, 0.2) is 17.4 Å². The molecule has 0 atom stereocenters. The topological polar surface area (TPSA) is 75.4 Å². The summed E-state index contributed by atoms with van der Waals surface area (Å²) in [6.07, 6.45) is 5.56. The molecule has 1 fully saturated rings. The summed E-state index contributed by atoms with van der Waals surface area (Å²) in [6.45, 7) is 6.21. The monoisotopic (exact) mass is 365 g/mol. The normalized spacial score (nSPS) is 16.1. The molecule has 3 aromatic rings. The van der Waals surface area contributed by atoms with E-state index in [-0.39, 0.29) is 5.78 Å². The highest BCUT2D eigenvalue weighted by Gasteiger charge is 2.17. The van der Waals surface area contributed by atoms with E-state index in [1.54, 1.807) is 25.5 Å². The second-order valence-corrected chi connectivity index (χ2v) is 7.13. The summed E-state index contributed by atoms with van der Waals surface area (Å²) in [4.78, 5) is 29.9. The molecular weight excluding hydrogens is 342 g/mol. The summed E-state index contributed by atoms with van der Waals surface area (Å²) in [5, 5.41) is 1.93. The number of rotatable bonds is 5. The van der Waals surface area contributed by atoms with Crippen molar-refractivity contribution in [2.24, 2.45) is 0 Å². The molecule has 0 spiro atoms. The van der Waals surface area contributed by atoms with Crippen LogP contribution < -0.4 is 0 Å². The fraction of sp³-hybridized carbons (Fsp3) is 0.400. The van der Waals surface area contributed by atoms with Gasteiger partial charge in [0.2, 0.25) is 0 Å². The van der Waals surface area contributed by atoms with Crippen LogP contribution in [0.2, 0.25) is 0 Å². The summed E-state index contributed by atoms with van der Waals surface area (Å²) in [7, 11) is 2.11. The number of nitrogens with zero attached hydrogens (tertiary/aromatic N) is 5. The van der Waals surface area contributed by atoms with E-state index in [1.165, 1.54) is 0 Å². The molecule has 4 rings (SSSR count).